The lowest BCUT2D eigenvalue weighted by Gasteiger charge is -2.56. The highest BCUT2D eigenvalue weighted by molar-refractivity contribution is 6.42. The maximum atomic E-state index is 13.9. The molecule has 8 heteroatoms. The van der Waals surface area contributed by atoms with Gasteiger partial charge in [0.1, 0.15) is 5.75 Å². The van der Waals surface area contributed by atoms with Gasteiger partial charge in [0.15, 0.2) is 0 Å². The van der Waals surface area contributed by atoms with Crippen LogP contribution >= 0.6 is 23.2 Å². The molecule has 1 amide bonds. The highest BCUT2D eigenvalue weighted by Gasteiger charge is 2.53. The Morgan fingerprint density at radius 1 is 1.15 bits per heavy atom. The van der Waals surface area contributed by atoms with Gasteiger partial charge in [-0.25, -0.2) is 0 Å². The summed E-state index contributed by atoms with van der Waals surface area (Å²) in [6, 6.07) is 13.1. The number of carbonyl (C=O) groups excluding carboxylic acids is 2. The minimum Gasteiger partial charge on any atom is -0.427 e. The van der Waals surface area contributed by atoms with Crippen LogP contribution in [0.1, 0.15) is 64.0 Å². The Balaban J connectivity index is 1.47. The molecule has 1 N–H and O–H groups in total. The summed E-state index contributed by atoms with van der Waals surface area (Å²) in [5.41, 5.74) is 1.57. The first-order chi connectivity index (χ1) is 19.5. The van der Waals surface area contributed by atoms with E-state index in [1.807, 2.05) is 23.1 Å². The van der Waals surface area contributed by atoms with Gasteiger partial charge in [0, 0.05) is 43.9 Å². The highest BCUT2D eigenvalue weighted by atomic mass is 35.5. The van der Waals surface area contributed by atoms with Gasteiger partial charge < -0.3 is 19.6 Å². The number of esters is 1. The fourth-order valence-electron chi connectivity index (χ4n) is 7.13. The number of hydrogen-bond acceptors (Lipinski definition) is 5. The summed E-state index contributed by atoms with van der Waals surface area (Å²) in [6.07, 6.45) is 4.46. The molecule has 2 aliphatic carbocycles. The Labute approximate surface area is 253 Å². The van der Waals surface area contributed by atoms with E-state index in [1.54, 1.807) is 18.2 Å². The van der Waals surface area contributed by atoms with E-state index in [0.717, 1.165) is 49.5 Å². The smallest absolute Gasteiger partial charge is 0.308 e. The summed E-state index contributed by atoms with van der Waals surface area (Å²) < 4.78 is 5.48. The number of aliphatic hydroxyl groups is 1. The van der Waals surface area contributed by atoms with Crippen molar-refractivity contribution in [1.82, 2.24) is 9.80 Å². The Kier molecular flexibility index (Phi) is 9.34. The zero-order valence-electron chi connectivity index (χ0n) is 24.3. The van der Waals surface area contributed by atoms with Crippen LogP contribution < -0.4 is 4.74 Å². The Morgan fingerprint density at radius 2 is 1.93 bits per heavy atom. The number of benzene rings is 2. The topological polar surface area (TPSA) is 70.1 Å². The Bertz CT molecular complexity index is 1270. The normalized spacial score (nSPS) is 26.5. The van der Waals surface area contributed by atoms with Crippen molar-refractivity contribution >= 4 is 35.1 Å². The second-order valence-electron chi connectivity index (χ2n) is 12.9. The lowest BCUT2D eigenvalue weighted by Crippen LogP contribution is -2.62. The van der Waals surface area contributed by atoms with Crippen LogP contribution in [0.4, 0.5) is 0 Å². The van der Waals surface area contributed by atoms with Gasteiger partial charge in [-0.1, -0.05) is 55.2 Å². The van der Waals surface area contributed by atoms with Gasteiger partial charge in [-0.3, -0.25) is 9.59 Å². The van der Waals surface area contributed by atoms with Crippen LogP contribution in [0.5, 0.6) is 5.75 Å². The van der Waals surface area contributed by atoms with Crippen molar-refractivity contribution in [3.63, 3.8) is 0 Å². The number of carbonyl (C=O) groups is 2. The number of likely N-dealkylation sites (tertiary alicyclic amines) is 1. The molecule has 4 atom stereocenters. The second kappa shape index (κ2) is 12.6. The minimum atomic E-state index is -0.555. The van der Waals surface area contributed by atoms with E-state index >= 15 is 0 Å². The van der Waals surface area contributed by atoms with Crippen LogP contribution in [0.2, 0.25) is 10.0 Å². The molecule has 1 saturated heterocycles. The van der Waals surface area contributed by atoms with Crippen molar-refractivity contribution in [3.8, 4) is 5.75 Å². The largest absolute Gasteiger partial charge is 0.427 e. The van der Waals surface area contributed by atoms with Gasteiger partial charge >= 0.3 is 5.97 Å². The first-order valence-corrected chi connectivity index (χ1v) is 15.7. The first kappa shape index (κ1) is 30.3. The van der Waals surface area contributed by atoms with Gasteiger partial charge in [-0.15, -0.1) is 0 Å². The number of hydrogen-bond donors (Lipinski definition) is 1. The molecular weight excluding hydrogens is 559 g/mol. The highest BCUT2D eigenvalue weighted by Crippen LogP contribution is 2.51. The van der Waals surface area contributed by atoms with Crippen molar-refractivity contribution in [2.24, 2.45) is 17.8 Å². The molecule has 5 rings (SSSR count). The summed E-state index contributed by atoms with van der Waals surface area (Å²) in [6.45, 7) is 9.15. The van der Waals surface area contributed by atoms with E-state index in [9.17, 15) is 14.7 Å². The predicted octanol–water partition coefficient (Wildman–Crippen LogP) is 6.14. The van der Waals surface area contributed by atoms with Crippen LogP contribution in [-0.4, -0.2) is 65.1 Å². The van der Waals surface area contributed by atoms with Gasteiger partial charge in [0.05, 0.1) is 22.6 Å². The summed E-state index contributed by atoms with van der Waals surface area (Å²) in [5.74, 6) is 1.28. The maximum Gasteiger partial charge on any atom is 0.308 e. The second-order valence-corrected chi connectivity index (χ2v) is 13.7. The third-order valence-electron chi connectivity index (χ3n) is 9.16. The summed E-state index contributed by atoms with van der Waals surface area (Å²) in [5, 5.41) is 12.7. The molecule has 0 aromatic heterocycles. The quantitative estimate of drug-likeness (QED) is 0.276. The van der Waals surface area contributed by atoms with E-state index in [1.165, 1.54) is 19.8 Å². The Hall–Kier alpha value is -2.12. The minimum absolute atomic E-state index is 0.0303. The lowest BCUT2D eigenvalue weighted by molar-refractivity contribution is -0.139. The molecule has 2 aromatic carbocycles. The molecule has 0 radical (unpaired) electrons. The molecule has 4 unspecified atom stereocenters. The van der Waals surface area contributed by atoms with Crippen molar-refractivity contribution < 1.29 is 19.4 Å². The first-order valence-electron chi connectivity index (χ1n) is 15.0. The zero-order valence-corrected chi connectivity index (χ0v) is 25.8. The number of aliphatic hydroxyl groups excluding tert-OH is 1. The number of nitrogens with zero attached hydrogens (tertiary/aromatic N) is 2. The summed E-state index contributed by atoms with van der Waals surface area (Å²) in [7, 11) is 0. The van der Waals surface area contributed by atoms with Crippen LogP contribution in [0.3, 0.4) is 0 Å². The number of piperidine rings is 1. The monoisotopic (exact) mass is 600 g/mol. The third kappa shape index (κ3) is 7.10. The molecular formula is C33H42Cl2N2O4. The van der Waals surface area contributed by atoms with E-state index in [-0.39, 0.29) is 41.6 Å². The van der Waals surface area contributed by atoms with Gasteiger partial charge in [-0.2, -0.15) is 0 Å². The van der Waals surface area contributed by atoms with Gasteiger partial charge in [-0.05, 0) is 85.9 Å². The summed E-state index contributed by atoms with van der Waals surface area (Å²) in [4.78, 5) is 30.2. The molecule has 3 aliphatic rings. The van der Waals surface area contributed by atoms with Crippen LogP contribution in [-0.2, 0) is 21.4 Å². The summed E-state index contributed by atoms with van der Waals surface area (Å²) >= 11 is 12.4. The SMILES string of the molecule is CC(=O)Oc1cccc(C23CCN(CC4CC4)CC2C(O)CC(N(CC(C)C)C(=O)Cc2ccc(Cl)c(Cl)c2)C3)c1. The number of fused-ring (bicyclic) bond motifs is 1. The van der Waals surface area contributed by atoms with Gasteiger partial charge in [0.2, 0.25) is 5.91 Å². The van der Waals surface area contributed by atoms with Crippen LogP contribution in [0.25, 0.3) is 0 Å². The van der Waals surface area contributed by atoms with Crippen LogP contribution in [0.15, 0.2) is 42.5 Å². The molecule has 0 spiro atoms. The number of ether oxygens (including phenoxy) is 1. The fraction of sp³-hybridized carbons (Fsp3) is 0.576. The molecule has 2 saturated carbocycles. The Morgan fingerprint density at radius 3 is 2.61 bits per heavy atom. The standard InChI is InChI=1S/C33H42Cl2N2O4/c1-21(2)18-37(32(40)14-24-9-10-29(34)30(35)13-24)26-16-31(39)28-20-36(19-23-7-8-23)12-11-33(28,17-26)25-5-4-6-27(15-25)41-22(3)38/h4-6,9-10,13,15,21,23,26,28,31,39H,7-8,11-12,14,16-20H2,1-3H3. The number of halogens is 2. The fourth-order valence-corrected chi connectivity index (χ4v) is 7.45. The molecule has 222 valence electrons. The molecule has 3 fully saturated rings. The molecule has 1 heterocycles. The third-order valence-corrected chi connectivity index (χ3v) is 9.90. The molecule has 1 aliphatic heterocycles. The van der Waals surface area contributed by atoms with Gasteiger partial charge in [0.25, 0.3) is 0 Å². The van der Waals surface area contributed by atoms with E-state index in [2.05, 4.69) is 24.8 Å². The van der Waals surface area contributed by atoms with Crippen molar-refractivity contribution in [2.75, 3.05) is 26.2 Å². The zero-order chi connectivity index (χ0) is 29.3. The van der Waals surface area contributed by atoms with Crippen molar-refractivity contribution in [3.05, 3.63) is 63.6 Å². The van der Waals surface area contributed by atoms with Crippen molar-refractivity contribution in [1.29, 1.82) is 0 Å². The van der Waals surface area contributed by atoms with E-state index in [4.69, 9.17) is 27.9 Å². The van der Waals surface area contributed by atoms with E-state index < -0.39 is 6.10 Å². The van der Waals surface area contributed by atoms with Crippen LogP contribution in [0, 0.1) is 17.8 Å². The van der Waals surface area contributed by atoms with Crippen molar-refractivity contribution in [2.45, 2.75) is 76.9 Å². The number of amides is 1. The molecule has 0 bridgehead atoms. The average molecular weight is 602 g/mol. The molecule has 41 heavy (non-hydrogen) atoms. The number of rotatable bonds is 9. The maximum absolute atomic E-state index is 13.9. The van der Waals surface area contributed by atoms with E-state index in [0.29, 0.717) is 28.8 Å². The lowest BCUT2D eigenvalue weighted by atomic mass is 9.56. The predicted molar refractivity (Wildman–Crippen MR) is 162 cm³/mol. The molecule has 6 nitrogen and oxygen atoms in total. The molecule has 2 aromatic rings. The average Bonchev–Trinajstić information content (AvgIpc) is 3.73.